The lowest BCUT2D eigenvalue weighted by Crippen LogP contribution is -2.30. The minimum Gasteiger partial charge on any atom is -0.309 e. The zero-order valence-corrected chi connectivity index (χ0v) is 9.65. The molecule has 1 N–H and O–H groups in total. The second-order valence-electron chi connectivity index (χ2n) is 4.13. The molecule has 0 bridgehead atoms. The fourth-order valence-corrected chi connectivity index (χ4v) is 2.84. The van der Waals surface area contributed by atoms with Crippen LogP contribution in [0, 0.1) is 11.3 Å². The van der Waals surface area contributed by atoms with Gasteiger partial charge in [-0.25, -0.2) is 0 Å². The second kappa shape index (κ2) is 5.29. The molecule has 2 rings (SSSR count). The summed E-state index contributed by atoms with van der Waals surface area (Å²) in [7, 11) is 0. The number of thiophene rings is 1. The molecule has 80 valence electrons. The molecule has 1 aliphatic rings. The highest BCUT2D eigenvalue weighted by Crippen LogP contribution is 2.19. The van der Waals surface area contributed by atoms with Gasteiger partial charge in [-0.1, -0.05) is 19.3 Å². The Bertz CT molecular complexity index is 345. The maximum atomic E-state index is 8.70. The Kier molecular flexibility index (Phi) is 3.76. The molecule has 0 atom stereocenters. The van der Waals surface area contributed by atoms with Crippen molar-refractivity contribution in [1.82, 2.24) is 5.32 Å². The molecule has 15 heavy (non-hydrogen) atoms. The summed E-state index contributed by atoms with van der Waals surface area (Å²) < 4.78 is 0. The smallest absolute Gasteiger partial charge is 0.100 e. The van der Waals surface area contributed by atoms with E-state index in [0.29, 0.717) is 6.04 Å². The van der Waals surface area contributed by atoms with Crippen LogP contribution in [-0.2, 0) is 6.54 Å². The Labute approximate surface area is 94.9 Å². The van der Waals surface area contributed by atoms with Crippen LogP contribution in [0.2, 0.25) is 0 Å². The summed E-state index contributed by atoms with van der Waals surface area (Å²) >= 11 is 1.68. The summed E-state index contributed by atoms with van der Waals surface area (Å²) in [5, 5.41) is 14.2. The van der Waals surface area contributed by atoms with E-state index in [0.717, 1.165) is 12.1 Å². The van der Waals surface area contributed by atoms with Gasteiger partial charge < -0.3 is 5.32 Å². The van der Waals surface area contributed by atoms with Crippen LogP contribution in [-0.4, -0.2) is 6.04 Å². The van der Waals surface area contributed by atoms with Crippen molar-refractivity contribution >= 4 is 11.3 Å². The molecule has 1 aromatic heterocycles. The van der Waals surface area contributed by atoms with Crippen LogP contribution in [0.1, 0.15) is 42.5 Å². The molecule has 0 spiro atoms. The van der Waals surface area contributed by atoms with E-state index in [1.54, 1.807) is 11.3 Å². The number of nitrogens with one attached hydrogen (secondary N) is 1. The summed E-state index contributed by atoms with van der Waals surface area (Å²) in [5.41, 5.74) is 0.792. The SMILES string of the molecule is N#Cc1csc(CNC2CCCCC2)c1. The summed E-state index contributed by atoms with van der Waals surface area (Å²) in [6, 6.07) is 4.85. The van der Waals surface area contributed by atoms with Crippen molar-refractivity contribution in [2.75, 3.05) is 0 Å². The molecule has 0 radical (unpaired) electrons. The van der Waals surface area contributed by atoms with Gasteiger partial charge in [0, 0.05) is 22.8 Å². The topological polar surface area (TPSA) is 35.8 Å². The number of hydrogen-bond donors (Lipinski definition) is 1. The zero-order chi connectivity index (χ0) is 10.5. The molecule has 0 unspecified atom stereocenters. The molecule has 1 fully saturated rings. The third-order valence-electron chi connectivity index (χ3n) is 2.95. The monoisotopic (exact) mass is 220 g/mol. The van der Waals surface area contributed by atoms with Crippen LogP contribution in [0.3, 0.4) is 0 Å². The summed E-state index contributed by atoms with van der Waals surface area (Å²) in [4.78, 5) is 1.28. The van der Waals surface area contributed by atoms with Crippen molar-refractivity contribution in [3.8, 4) is 6.07 Å². The van der Waals surface area contributed by atoms with E-state index in [9.17, 15) is 0 Å². The van der Waals surface area contributed by atoms with Crippen molar-refractivity contribution in [3.05, 3.63) is 21.9 Å². The summed E-state index contributed by atoms with van der Waals surface area (Å²) in [6.07, 6.45) is 6.76. The predicted octanol–water partition coefficient (Wildman–Crippen LogP) is 3.04. The quantitative estimate of drug-likeness (QED) is 0.850. The first-order valence-electron chi connectivity index (χ1n) is 5.59. The Morgan fingerprint density at radius 3 is 2.87 bits per heavy atom. The molecular weight excluding hydrogens is 204 g/mol. The van der Waals surface area contributed by atoms with Crippen LogP contribution in [0.15, 0.2) is 11.4 Å². The molecule has 0 aliphatic heterocycles. The van der Waals surface area contributed by atoms with Gasteiger partial charge >= 0.3 is 0 Å². The van der Waals surface area contributed by atoms with Crippen molar-refractivity contribution in [3.63, 3.8) is 0 Å². The van der Waals surface area contributed by atoms with Crippen LogP contribution in [0.5, 0.6) is 0 Å². The minimum atomic E-state index is 0.700. The van der Waals surface area contributed by atoms with Crippen molar-refractivity contribution in [2.24, 2.45) is 0 Å². The number of nitrogens with zero attached hydrogens (tertiary/aromatic N) is 1. The molecule has 1 aromatic rings. The Morgan fingerprint density at radius 2 is 2.20 bits per heavy atom. The Hall–Kier alpha value is -0.850. The van der Waals surface area contributed by atoms with E-state index in [1.165, 1.54) is 37.0 Å². The normalized spacial score (nSPS) is 17.5. The lowest BCUT2D eigenvalue weighted by molar-refractivity contribution is 0.373. The first-order valence-corrected chi connectivity index (χ1v) is 6.47. The third kappa shape index (κ3) is 3.05. The van der Waals surface area contributed by atoms with E-state index in [1.807, 2.05) is 11.4 Å². The van der Waals surface area contributed by atoms with Crippen LogP contribution < -0.4 is 5.32 Å². The predicted molar refractivity (Wildman–Crippen MR) is 62.7 cm³/mol. The van der Waals surface area contributed by atoms with Crippen molar-refractivity contribution in [2.45, 2.75) is 44.7 Å². The average molecular weight is 220 g/mol. The van der Waals surface area contributed by atoms with Gasteiger partial charge in [-0.3, -0.25) is 0 Å². The number of hydrogen-bond acceptors (Lipinski definition) is 3. The lowest BCUT2D eigenvalue weighted by atomic mass is 9.95. The fraction of sp³-hybridized carbons (Fsp3) is 0.583. The van der Waals surface area contributed by atoms with Crippen molar-refractivity contribution < 1.29 is 0 Å². The van der Waals surface area contributed by atoms with Gasteiger partial charge in [0.2, 0.25) is 0 Å². The molecule has 0 aromatic carbocycles. The maximum Gasteiger partial charge on any atom is 0.100 e. The van der Waals surface area contributed by atoms with E-state index in [2.05, 4.69) is 11.4 Å². The summed E-state index contributed by atoms with van der Waals surface area (Å²) in [6.45, 7) is 0.928. The second-order valence-corrected chi connectivity index (χ2v) is 5.13. The van der Waals surface area contributed by atoms with Gasteiger partial charge in [-0.15, -0.1) is 11.3 Å². The van der Waals surface area contributed by atoms with Gasteiger partial charge in [0.25, 0.3) is 0 Å². The third-order valence-corrected chi connectivity index (χ3v) is 3.89. The van der Waals surface area contributed by atoms with Gasteiger partial charge in [0.1, 0.15) is 6.07 Å². The van der Waals surface area contributed by atoms with Crippen LogP contribution >= 0.6 is 11.3 Å². The zero-order valence-electron chi connectivity index (χ0n) is 8.83. The van der Waals surface area contributed by atoms with Gasteiger partial charge in [0.05, 0.1) is 5.56 Å². The van der Waals surface area contributed by atoms with Gasteiger partial charge in [-0.2, -0.15) is 5.26 Å². The maximum absolute atomic E-state index is 8.70. The van der Waals surface area contributed by atoms with E-state index in [4.69, 9.17) is 5.26 Å². The summed E-state index contributed by atoms with van der Waals surface area (Å²) in [5.74, 6) is 0. The molecule has 1 saturated carbocycles. The first kappa shape index (κ1) is 10.7. The molecule has 3 heteroatoms. The number of rotatable bonds is 3. The standard InChI is InChI=1S/C12H16N2S/c13-7-10-6-12(15-9-10)8-14-11-4-2-1-3-5-11/h6,9,11,14H,1-5,8H2. The molecule has 1 aliphatic carbocycles. The fourth-order valence-electron chi connectivity index (χ4n) is 2.08. The van der Waals surface area contributed by atoms with E-state index < -0.39 is 0 Å². The average Bonchev–Trinajstić information content (AvgIpc) is 2.76. The van der Waals surface area contributed by atoms with Gasteiger partial charge in [-0.05, 0) is 18.9 Å². The minimum absolute atomic E-state index is 0.700. The molecule has 0 saturated heterocycles. The molecular formula is C12H16N2S. The van der Waals surface area contributed by atoms with E-state index in [-0.39, 0.29) is 0 Å². The molecule has 0 amide bonds. The van der Waals surface area contributed by atoms with E-state index >= 15 is 0 Å². The first-order chi connectivity index (χ1) is 7.38. The van der Waals surface area contributed by atoms with Crippen LogP contribution in [0.4, 0.5) is 0 Å². The van der Waals surface area contributed by atoms with Gasteiger partial charge in [0.15, 0.2) is 0 Å². The van der Waals surface area contributed by atoms with Crippen LogP contribution in [0.25, 0.3) is 0 Å². The Morgan fingerprint density at radius 1 is 1.40 bits per heavy atom. The highest BCUT2D eigenvalue weighted by Gasteiger charge is 2.12. The highest BCUT2D eigenvalue weighted by atomic mass is 32.1. The highest BCUT2D eigenvalue weighted by molar-refractivity contribution is 7.10. The molecule has 2 nitrogen and oxygen atoms in total. The lowest BCUT2D eigenvalue weighted by Gasteiger charge is -2.22. The Balaban J connectivity index is 1.79. The number of nitriles is 1. The molecule has 1 heterocycles. The van der Waals surface area contributed by atoms with Crippen molar-refractivity contribution in [1.29, 1.82) is 5.26 Å². The largest absolute Gasteiger partial charge is 0.309 e.